The van der Waals surface area contributed by atoms with E-state index in [1.54, 1.807) is 6.07 Å². The fraction of sp³-hybridized carbons (Fsp3) is 0.519. The Morgan fingerprint density at radius 3 is 2.66 bits per heavy atom. The van der Waals surface area contributed by atoms with Gasteiger partial charge >= 0.3 is 0 Å². The highest BCUT2D eigenvalue weighted by Crippen LogP contribution is 2.49. The zero-order valence-corrected chi connectivity index (χ0v) is 22.3. The smallest absolute Gasteiger partial charge is 0.237 e. The molecular weight excluding hydrogens is 539 g/mol. The van der Waals surface area contributed by atoms with Crippen LogP contribution in [-0.4, -0.2) is 60.7 Å². The lowest BCUT2D eigenvalue weighted by atomic mass is 9.69. The van der Waals surface area contributed by atoms with Crippen molar-refractivity contribution in [1.82, 2.24) is 10.6 Å². The molecule has 38 heavy (non-hydrogen) atoms. The molecular formula is C27H33Cl2F2N3O4. The topological polar surface area (TPSA) is 117 Å². The van der Waals surface area contributed by atoms with Gasteiger partial charge in [-0.1, -0.05) is 41.4 Å². The zero-order chi connectivity index (χ0) is 27.4. The lowest BCUT2D eigenvalue weighted by Gasteiger charge is -2.39. The normalized spacial score (nSPS) is 26.9. The molecule has 2 aliphatic heterocycles. The molecule has 2 aromatic carbocycles. The van der Waals surface area contributed by atoms with Crippen LogP contribution in [0.5, 0.6) is 0 Å². The summed E-state index contributed by atoms with van der Waals surface area (Å²) in [5, 5.41) is 24.9. The molecule has 0 aromatic heterocycles. The first kappa shape index (κ1) is 29.1. The molecule has 4 rings (SSSR count). The molecule has 2 aromatic rings. The average molecular weight is 572 g/mol. The summed E-state index contributed by atoms with van der Waals surface area (Å²) in [6.45, 7) is 0.811. The second-order valence-electron chi connectivity index (χ2n) is 10.1. The molecule has 1 amide bonds. The van der Waals surface area contributed by atoms with E-state index in [-0.39, 0.29) is 40.1 Å². The molecule has 2 heterocycles. The van der Waals surface area contributed by atoms with Crippen molar-refractivity contribution >= 4 is 29.1 Å². The Morgan fingerprint density at radius 2 is 1.97 bits per heavy atom. The minimum Gasteiger partial charge on any atom is -0.394 e. The lowest BCUT2D eigenvalue weighted by Crippen LogP contribution is -2.52. The van der Waals surface area contributed by atoms with Gasteiger partial charge in [-0.3, -0.25) is 4.79 Å². The van der Waals surface area contributed by atoms with E-state index in [0.29, 0.717) is 19.6 Å². The van der Waals surface area contributed by atoms with E-state index >= 15 is 8.78 Å². The Morgan fingerprint density at radius 1 is 1.24 bits per heavy atom. The van der Waals surface area contributed by atoms with Crippen molar-refractivity contribution in [3.05, 3.63) is 69.2 Å². The van der Waals surface area contributed by atoms with E-state index in [0.717, 1.165) is 18.9 Å². The standard InChI is InChI=1S/C27H33Cl2F2N3O4/c28-16-4-5-19(21(30)13-16)27(32)22(12-15-7-10-38-11-8-15)34-25(26(37)33-9-6-17(36)14-35)23(27)18-2-1-3-20(29)24(18)31/h1-5,13,15,17,22-23,25,34-36H,6-12,14,32H2,(H,33,37)/t17-,22-,23-,25+,27+/m0/s1. The van der Waals surface area contributed by atoms with Gasteiger partial charge in [-0.2, -0.15) is 0 Å². The van der Waals surface area contributed by atoms with Crippen molar-refractivity contribution in [2.45, 2.75) is 55.3 Å². The maximum atomic E-state index is 15.6. The van der Waals surface area contributed by atoms with Crippen LogP contribution in [0, 0.1) is 17.6 Å². The van der Waals surface area contributed by atoms with E-state index in [2.05, 4.69) is 10.6 Å². The minimum absolute atomic E-state index is 0.0704. The van der Waals surface area contributed by atoms with Gasteiger partial charge < -0.3 is 31.3 Å². The first-order valence-electron chi connectivity index (χ1n) is 12.8. The third-order valence-electron chi connectivity index (χ3n) is 7.70. The number of nitrogens with one attached hydrogen (secondary N) is 2. The van der Waals surface area contributed by atoms with E-state index in [4.69, 9.17) is 38.8 Å². The number of aliphatic hydroxyl groups excluding tert-OH is 2. The summed E-state index contributed by atoms with van der Waals surface area (Å²) in [5.74, 6) is -2.71. The molecule has 11 heteroatoms. The maximum absolute atomic E-state index is 15.6. The maximum Gasteiger partial charge on any atom is 0.237 e. The Balaban J connectivity index is 1.80. The van der Waals surface area contributed by atoms with Crippen molar-refractivity contribution in [3.8, 4) is 0 Å². The Bertz CT molecular complexity index is 1140. The lowest BCUT2D eigenvalue weighted by molar-refractivity contribution is -0.123. The number of nitrogens with two attached hydrogens (primary N) is 1. The molecule has 0 aliphatic carbocycles. The van der Waals surface area contributed by atoms with Crippen molar-refractivity contribution < 1.29 is 28.5 Å². The minimum atomic E-state index is -1.55. The van der Waals surface area contributed by atoms with E-state index in [9.17, 15) is 9.90 Å². The number of carbonyl (C=O) groups excluding carboxylic acids is 1. The van der Waals surface area contributed by atoms with Gasteiger partial charge in [0.2, 0.25) is 5.91 Å². The van der Waals surface area contributed by atoms with Crippen LogP contribution in [0.1, 0.15) is 42.7 Å². The van der Waals surface area contributed by atoms with E-state index in [1.165, 1.54) is 24.3 Å². The zero-order valence-electron chi connectivity index (χ0n) is 20.8. The van der Waals surface area contributed by atoms with Crippen LogP contribution in [0.2, 0.25) is 10.0 Å². The molecule has 2 saturated heterocycles. The van der Waals surface area contributed by atoms with Crippen LogP contribution < -0.4 is 16.4 Å². The number of amides is 1. The summed E-state index contributed by atoms with van der Waals surface area (Å²) in [6, 6.07) is 7.00. The second kappa shape index (κ2) is 12.6. The van der Waals surface area contributed by atoms with Gasteiger partial charge in [0.05, 0.1) is 29.3 Å². The summed E-state index contributed by atoms with van der Waals surface area (Å²) in [4.78, 5) is 13.5. The van der Waals surface area contributed by atoms with Gasteiger partial charge in [0.15, 0.2) is 0 Å². The molecule has 2 aliphatic rings. The Labute approximate surface area is 230 Å². The molecule has 5 atom stereocenters. The highest BCUT2D eigenvalue weighted by atomic mass is 35.5. The largest absolute Gasteiger partial charge is 0.394 e. The average Bonchev–Trinajstić information content (AvgIpc) is 3.18. The number of rotatable bonds is 9. The molecule has 0 saturated carbocycles. The molecule has 0 bridgehead atoms. The van der Waals surface area contributed by atoms with Gasteiger partial charge in [-0.25, -0.2) is 8.78 Å². The summed E-state index contributed by atoms with van der Waals surface area (Å²) >= 11 is 12.2. The number of halogens is 4. The van der Waals surface area contributed by atoms with Gasteiger partial charge in [-0.05, 0) is 55.4 Å². The van der Waals surface area contributed by atoms with Gasteiger partial charge in [0.25, 0.3) is 0 Å². The van der Waals surface area contributed by atoms with Gasteiger partial charge in [0, 0.05) is 42.3 Å². The third kappa shape index (κ3) is 5.99. The third-order valence-corrected chi connectivity index (χ3v) is 8.23. The monoisotopic (exact) mass is 571 g/mol. The number of hydrogen-bond acceptors (Lipinski definition) is 6. The van der Waals surface area contributed by atoms with Gasteiger partial charge in [-0.15, -0.1) is 0 Å². The van der Waals surface area contributed by atoms with E-state index in [1.807, 2.05) is 0 Å². The highest BCUT2D eigenvalue weighted by Gasteiger charge is 2.58. The van der Waals surface area contributed by atoms with Crippen molar-refractivity contribution in [2.75, 3.05) is 26.4 Å². The molecule has 0 radical (unpaired) electrons. The molecule has 0 unspecified atom stereocenters. The molecule has 6 N–H and O–H groups in total. The van der Waals surface area contributed by atoms with Crippen molar-refractivity contribution in [3.63, 3.8) is 0 Å². The number of hydrogen-bond donors (Lipinski definition) is 5. The number of carbonyl (C=O) groups is 1. The van der Waals surface area contributed by atoms with Crippen LogP contribution in [0.4, 0.5) is 8.78 Å². The summed E-state index contributed by atoms with van der Waals surface area (Å²) < 4.78 is 36.6. The molecule has 2 fully saturated rings. The summed E-state index contributed by atoms with van der Waals surface area (Å²) in [6.07, 6.45) is 1.20. The van der Waals surface area contributed by atoms with Crippen molar-refractivity contribution in [2.24, 2.45) is 11.7 Å². The summed E-state index contributed by atoms with van der Waals surface area (Å²) in [7, 11) is 0. The fourth-order valence-corrected chi connectivity index (χ4v) is 6.05. The SMILES string of the molecule is N[C@]1(c2ccc(Cl)cc2F)[C@H](CC2CCOCC2)N[C@@H](C(=O)NCC[C@H](O)CO)[C@@H]1c1cccc(Cl)c1F. The second-order valence-corrected chi connectivity index (χ2v) is 10.9. The van der Waals surface area contributed by atoms with E-state index < -0.39 is 53.8 Å². The Hall–Kier alpha value is -1.85. The predicted octanol–water partition coefficient (Wildman–Crippen LogP) is 3.23. The van der Waals surface area contributed by atoms with Gasteiger partial charge in [0.1, 0.15) is 11.6 Å². The van der Waals surface area contributed by atoms with Crippen LogP contribution in [0.3, 0.4) is 0 Å². The quantitative estimate of drug-likeness (QED) is 0.315. The first-order valence-corrected chi connectivity index (χ1v) is 13.5. The van der Waals surface area contributed by atoms with Crippen LogP contribution in [0.15, 0.2) is 36.4 Å². The van der Waals surface area contributed by atoms with Crippen LogP contribution in [-0.2, 0) is 15.1 Å². The highest BCUT2D eigenvalue weighted by molar-refractivity contribution is 6.31. The first-order chi connectivity index (χ1) is 18.2. The Kier molecular flexibility index (Phi) is 9.62. The van der Waals surface area contributed by atoms with Crippen LogP contribution >= 0.6 is 23.2 Å². The van der Waals surface area contributed by atoms with Crippen molar-refractivity contribution in [1.29, 1.82) is 0 Å². The number of benzene rings is 2. The molecule has 208 valence electrons. The van der Waals surface area contributed by atoms with Crippen LogP contribution in [0.25, 0.3) is 0 Å². The predicted molar refractivity (Wildman–Crippen MR) is 141 cm³/mol. The fourth-order valence-electron chi connectivity index (χ4n) is 5.71. The molecule has 7 nitrogen and oxygen atoms in total. The summed E-state index contributed by atoms with van der Waals surface area (Å²) in [5.41, 5.74) is 5.83. The molecule has 0 spiro atoms. The number of aliphatic hydroxyl groups is 2. The number of ether oxygens (including phenoxy) is 1.